The number of nitrogens with zero attached hydrogens (tertiary/aromatic N) is 2. The van der Waals surface area contributed by atoms with Crippen molar-refractivity contribution < 1.29 is 24.3 Å². The third-order valence-corrected chi connectivity index (χ3v) is 6.59. The number of nitrogens with two attached hydrogens (primary N) is 1. The number of carbonyl (C=O) groups excluding carboxylic acids is 3. The van der Waals surface area contributed by atoms with Gasteiger partial charge >= 0.3 is 5.97 Å². The van der Waals surface area contributed by atoms with Gasteiger partial charge in [0.15, 0.2) is 5.84 Å². The number of likely N-dealkylation sites (tertiary alicyclic amines) is 1. The minimum atomic E-state index is -0.514. The van der Waals surface area contributed by atoms with Gasteiger partial charge in [-0.05, 0) is 37.7 Å². The van der Waals surface area contributed by atoms with Crippen molar-refractivity contribution in [3.05, 3.63) is 35.4 Å². The van der Waals surface area contributed by atoms with Gasteiger partial charge in [-0.2, -0.15) is 0 Å². The van der Waals surface area contributed by atoms with E-state index >= 15 is 0 Å². The molecule has 0 unspecified atom stereocenters. The SMILES string of the molecule is CCOC(=O)CN[C@@H](C(=O)N1CC[C@@H]1C(=O)NCc1ccc(/C(N)=N\O)cc1)C1CCCCC1. The molecule has 1 saturated heterocycles. The predicted octanol–water partition coefficient (Wildman–Crippen LogP) is 1.10. The molecule has 10 heteroatoms. The number of carbonyl (C=O) groups is 3. The number of amidine groups is 1. The topological polar surface area (TPSA) is 146 Å². The van der Waals surface area contributed by atoms with Gasteiger partial charge in [0, 0.05) is 18.7 Å². The number of esters is 1. The highest BCUT2D eigenvalue weighted by atomic mass is 16.5. The van der Waals surface area contributed by atoms with Crippen molar-refractivity contribution in [3.8, 4) is 0 Å². The van der Waals surface area contributed by atoms with E-state index in [4.69, 9.17) is 15.7 Å². The maximum absolute atomic E-state index is 13.4. The Bertz CT molecular complexity index is 882. The van der Waals surface area contributed by atoms with E-state index in [-0.39, 0.29) is 36.1 Å². The lowest BCUT2D eigenvalue weighted by Gasteiger charge is -2.43. The summed E-state index contributed by atoms with van der Waals surface area (Å²) >= 11 is 0. The summed E-state index contributed by atoms with van der Waals surface area (Å²) in [6.07, 6.45) is 5.75. The zero-order chi connectivity index (χ0) is 24.5. The van der Waals surface area contributed by atoms with Gasteiger partial charge in [-0.3, -0.25) is 19.7 Å². The number of amides is 2. The molecule has 2 amide bonds. The summed E-state index contributed by atoms with van der Waals surface area (Å²) in [6, 6.07) is 5.98. The largest absolute Gasteiger partial charge is 0.465 e. The Hall–Kier alpha value is -3.14. The van der Waals surface area contributed by atoms with Crippen LogP contribution >= 0.6 is 0 Å². The quantitative estimate of drug-likeness (QED) is 0.131. The van der Waals surface area contributed by atoms with Crippen LogP contribution < -0.4 is 16.4 Å². The lowest BCUT2D eigenvalue weighted by molar-refractivity contribution is -0.151. The molecule has 10 nitrogen and oxygen atoms in total. The van der Waals surface area contributed by atoms with Gasteiger partial charge in [0.05, 0.1) is 19.2 Å². The molecule has 1 aromatic rings. The molecule has 0 spiro atoms. The Morgan fingerprint density at radius 2 is 1.88 bits per heavy atom. The van der Waals surface area contributed by atoms with Crippen LogP contribution in [0.1, 0.15) is 56.6 Å². The molecule has 0 radical (unpaired) electrons. The van der Waals surface area contributed by atoms with E-state index in [1.807, 2.05) is 0 Å². The number of benzene rings is 1. The summed E-state index contributed by atoms with van der Waals surface area (Å²) < 4.78 is 5.00. The van der Waals surface area contributed by atoms with Crippen molar-refractivity contribution in [3.63, 3.8) is 0 Å². The van der Waals surface area contributed by atoms with Crippen molar-refractivity contribution in [1.29, 1.82) is 0 Å². The Morgan fingerprint density at radius 3 is 2.47 bits per heavy atom. The normalized spacial score (nSPS) is 19.7. The van der Waals surface area contributed by atoms with E-state index in [0.717, 1.165) is 37.7 Å². The first-order valence-corrected chi connectivity index (χ1v) is 12.0. The molecular formula is C24H35N5O5. The Morgan fingerprint density at radius 1 is 1.18 bits per heavy atom. The number of ether oxygens (including phenoxy) is 1. The first-order chi connectivity index (χ1) is 16.4. The van der Waals surface area contributed by atoms with Crippen molar-refractivity contribution in [2.24, 2.45) is 16.8 Å². The van der Waals surface area contributed by atoms with Crippen LogP contribution in [0.4, 0.5) is 0 Å². The minimum absolute atomic E-state index is 0.0169. The van der Waals surface area contributed by atoms with Gasteiger partial charge in [-0.1, -0.05) is 48.7 Å². The molecule has 2 aliphatic rings. The molecule has 1 saturated carbocycles. The Kier molecular flexibility index (Phi) is 9.26. The number of nitrogens with one attached hydrogen (secondary N) is 2. The molecule has 0 aromatic heterocycles. The summed E-state index contributed by atoms with van der Waals surface area (Å²) in [4.78, 5) is 39.7. The zero-order valence-electron chi connectivity index (χ0n) is 19.7. The van der Waals surface area contributed by atoms with Gasteiger partial charge in [-0.15, -0.1) is 0 Å². The lowest BCUT2D eigenvalue weighted by Crippen LogP contribution is -2.63. The number of oxime groups is 1. The average Bonchev–Trinajstić information content (AvgIpc) is 2.83. The zero-order valence-corrected chi connectivity index (χ0v) is 19.7. The second kappa shape index (κ2) is 12.4. The highest BCUT2D eigenvalue weighted by molar-refractivity contribution is 5.97. The molecule has 2 atom stereocenters. The third-order valence-electron chi connectivity index (χ3n) is 6.59. The molecule has 186 valence electrons. The first kappa shape index (κ1) is 25.5. The fourth-order valence-electron chi connectivity index (χ4n) is 4.59. The van der Waals surface area contributed by atoms with E-state index in [9.17, 15) is 14.4 Å². The smallest absolute Gasteiger partial charge is 0.319 e. The maximum Gasteiger partial charge on any atom is 0.319 e. The summed E-state index contributed by atoms with van der Waals surface area (Å²) in [5.74, 6) is -0.539. The second-order valence-electron chi connectivity index (χ2n) is 8.80. The number of hydrogen-bond donors (Lipinski definition) is 4. The molecule has 1 heterocycles. The van der Waals surface area contributed by atoms with E-state index in [0.29, 0.717) is 31.7 Å². The monoisotopic (exact) mass is 473 g/mol. The fourth-order valence-corrected chi connectivity index (χ4v) is 4.59. The summed E-state index contributed by atoms with van der Waals surface area (Å²) in [6.45, 7) is 2.85. The molecule has 5 N–H and O–H groups in total. The molecule has 3 rings (SSSR count). The van der Waals surface area contributed by atoms with Crippen molar-refractivity contribution >= 4 is 23.6 Å². The number of rotatable bonds is 10. The summed E-state index contributed by atoms with van der Waals surface area (Å²) in [7, 11) is 0. The van der Waals surface area contributed by atoms with Gasteiger partial charge in [0.2, 0.25) is 11.8 Å². The standard InChI is InChI=1S/C24H35N5O5/c1-2-34-20(30)15-26-21(17-6-4-3-5-7-17)24(32)29-13-12-19(29)23(31)27-14-16-8-10-18(11-9-16)22(25)28-33/h8-11,17,19,21,26,33H,2-7,12-15H2,1H3,(H2,25,28)(H,27,31)/t19-,21-/m1/s1. The Labute approximate surface area is 199 Å². The van der Waals surface area contributed by atoms with Crippen LogP contribution in [0.5, 0.6) is 0 Å². The van der Waals surface area contributed by atoms with Gasteiger partial charge in [-0.25, -0.2) is 0 Å². The first-order valence-electron chi connectivity index (χ1n) is 12.0. The molecule has 2 fully saturated rings. The fraction of sp³-hybridized carbons (Fsp3) is 0.583. The molecule has 1 aliphatic carbocycles. The molecule has 34 heavy (non-hydrogen) atoms. The third kappa shape index (κ3) is 6.47. The van der Waals surface area contributed by atoms with E-state index in [2.05, 4.69) is 15.8 Å². The predicted molar refractivity (Wildman–Crippen MR) is 126 cm³/mol. The van der Waals surface area contributed by atoms with E-state index in [1.165, 1.54) is 0 Å². The van der Waals surface area contributed by atoms with Crippen LogP contribution in [0.25, 0.3) is 0 Å². The van der Waals surface area contributed by atoms with Crippen LogP contribution in [-0.2, 0) is 25.7 Å². The van der Waals surface area contributed by atoms with Crippen molar-refractivity contribution in [1.82, 2.24) is 15.5 Å². The second-order valence-corrected chi connectivity index (χ2v) is 8.80. The summed E-state index contributed by atoms with van der Waals surface area (Å²) in [5.41, 5.74) is 7.01. The van der Waals surface area contributed by atoms with Crippen LogP contribution in [0.2, 0.25) is 0 Å². The van der Waals surface area contributed by atoms with E-state index in [1.54, 1.807) is 36.1 Å². The van der Waals surface area contributed by atoms with E-state index < -0.39 is 12.1 Å². The molecule has 0 bridgehead atoms. The van der Waals surface area contributed by atoms with Gasteiger partial charge in [0.1, 0.15) is 6.04 Å². The van der Waals surface area contributed by atoms with Crippen molar-refractivity contribution in [2.45, 2.75) is 64.1 Å². The average molecular weight is 474 g/mol. The maximum atomic E-state index is 13.4. The van der Waals surface area contributed by atoms with Gasteiger partial charge < -0.3 is 25.9 Å². The summed E-state index contributed by atoms with van der Waals surface area (Å²) in [5, 5.41) is 17.7. The van der Waals surface area contributed by atoms with Crippen LogP contribution in [0.15, 0.2) is 29.4 Å². The number of hydrogen-bond acceptors (Lipinski definition) is 7. The van der Waals surface area contributed by atoms with Crippen LogP contribution in [0.3, 0.4) is 0 Å². The van der Waals surface area contributed by atoms with Crippen LogP contribution in [0, 0.1) is 5.92 Å². The van der Waals surface area contributed by atoms with Gasteiger partial charge in [0.25, 0.3) is 0 Å². The molecular weight excluding hydrogens is 438 g/mol. The molecule has 1 aliphatic heterocycles. The van der Waals surface area contributed by atoms with Crippen LogP contribution in [-0.4, -0.2) is 65.5 Å². The highest BCUT2D eigenvalue weighted by Crippen LogP contribution is 2.29. The Balaban J connectivity index is 1.58. The highest BCUT2D eigenvalue weighted by Gasteiger charge is 2.42. The lowest BCUT2D eigenvalue weighted by atomic mass is 9.82. The molecule has 1 aromatic carbocycles. The van der Waals surface area contributed by atoms with Crippen molar-refractivity contribution in [2.75, 3.05) is 19.7 Å². The minimum Gasteiger partial charge on any atom is -0.465 e.